The largest absolute Gasteiger partial charge is 0.497 e. The maximum Gasteiger partial charge on any atom is 0.261 e. The second kappa shape index (κ2) is 5.83. The Bertz CT molecular complexity index is 663. The maximum absolute atomic E-state index is 12.2. The summed E-state index contributed by atoms with van der Waals surface area (Å²) in [6.45, 7) is 0. The highest BCUT2D eigenvalue weighted by molar-refractivity contribution is 7.92. The quantitative estimate of drug-likeness (QED) is 0.920. The molecule has 2 aromatic rings. The van der Waals surface area contributed by atoms with E-state index in [-0.39, 0.29) is 4.90 Å². The number of hydrogen-bond acceptors (Lipinski definition) is 4. The topological polar surface area (TPSA) is 64.6 Å². The molecule has 0 saturated heterocycles. The van der Waals surface area contributed by atoms with Crippen molar-refractivity contribution in [3.8, 4) is 11.5 Å². The fourth-order valence-electron chi connectivity index (χ4n) is 1.63. The van der Waals surface area contributed by atoms with Crippen LogP contribution >= 0.6 is 0 Å². The van der Waals surface area contributed by atoms with E-state index in [1.165, 1.54) is 19.2 Å². The third kappa shape index (κ3) is 3.21. The molecule has 0 bridgehead atoms. The number of benzene rings is 2. The van der Waals surface area contributed by atoms with Gasteiger partial charge < -0.3 is 9.47 Å². The van der Waals surface area contributed by atoms with Gasteiger partial charge in [-0.1, -0.05) is 0 Å². The molecule has 106 valence electrons. The van der Waals surface area contributed by atoms with E-state index >= 15 is 0 Å². The Hall–Kier alpha value is -2.21. The van der Waals surface area contributed by atoms with Crippen LogP contribution in [0, 0.1) is 0 Å². The molecule has 0 unspecified atom stereocenters. The average Bonchev–Trinajstić information content (AvgIpc) is 2.48. The first-order valence-electron chi connectivity index (χ1n) is 5.86. The predicted molar refractivity (Wildman–Crippen MR) is 76.8 cm³/mol. The van der Waals surface area contributed by atoms with Gasteiger partial charge in [0.1, 0.15) is 11.5 Å². The summed E-state index contributed by atoms with van der Waals surface area (Å²) < 4.78 is 36.9. The lowest BCUT2D eigenvalue weighted by atomic mass is 10.3. The van der Waals surface area contributed by atoms with Crippen molar-refractivity contribution in [3.63, 3.8) is 0 Å². The van der Waals surface area contributed by atoms with Crippen LogP contribution in [-0.2, 0) is 10.0 Å². The highest BCUT2D eigenvalue weighted by atomic mass is 32.2. The summed E-state index contributed by atoms with van der Waals surface area (Å²) >= 11 is 0. The summed E-state index contributed by atoms with van der Waals surface area (Å²) in [5.74, 6) is 1.27. The smallest absolute Gasteiger partial charge is 0.261 e. The van der Waals surface area contributed by atoms with Gasteiger partial charge in [0.2, 0.25) is 0 Å². The van der Waals surface area contributed by atoms with Crippen LogP contribution in [0.1, 0.15) is 0 Å². The van der Waals surface area contributed by atoms with E-state index in [4.69, 9.17) is 9.47 Å². The van der Waals surface area contributed by atoms with Gasteiger partial charge in [-0.15, -0.1) is 0 Å². The minimum Gasteiger partial charge on any atom is -0.497 e. The highest BCUT2D eigenvalue weighted by Crippen LogP contribution is 2.20. The number of rotatable bonds is 5. The minimum absolute atomic E-state index is 0.175. The molecule has 20 heavy (non-hydrogen) atoms. The fraction of sp³-hybridized carbons (Fsp3) is 0.143. The van der Waals surface area contributed by atoms with Gasteiger partial charge in [0.25, 0.3) is 10.0 Å². The van der Waals surface area contributed by atoms with Crippen molar-refractivity contribution in [1.29, 1.82) is 0 Å². The number of nitrogens with one attached hydrogen (secondary N) is 1. The standard InChI is InChI=1S/C14H15NO4S/c1-18-12-5-3-11(4-6-12)15-20(16,17)14-9-7-13(19-2)8-10-14/h3-10,15H,1-2H3. The van der Waals surface area contributed by atoms with Crippen molar-refractivity contribution in [1.82, 2.24) is 0 Å². The number of ether oxygens (including phenoxy) is 2. The zero-order chi connectivity index (χ0) is 14.6. The van der Waals surface area contributed by atoms with Crippen molar-refractivity contribution in [2.75, 3.05) is 18.9 Å². The molecule has 0 aliphatic rings. The lowest BCUT2D eigenvalue weighted by molar-refractivity contribution is 0.414. The number of hydrogen-bond donors (Lipinski definition) is 1. The Morgan fingerprint density at radius 1 is 0.800 bits per heavy atom. The van der Waals surface area contributed by atoms with Crippen molar-refractivity contribution in [2.45, 2.75) is 4.90 Å². The molecule has 2 rings (SSSR count). The van der Waals surface area contributed by atoms with Crippen molar-refractivity contribution in [3.05, 3.63) is 48.5 Å². The van der Waals surface area contributed by atoms with Gasteiger partial charge in [0.05, 0.1) is 19.1 Å². The molecule has 0 spiro atoms. The first-order chi connectivity index (χ1) is 9.55. The molecule has 0 fully saturated rings. The Balaban J connectivity index is 2.20. The molecule has 0 radical (unpaired) electrons. The molecule has 0 saturated carbocycles. The van der Waals surface area contributed by atoms with E-state index in [1.807, 2.05) is 0 Å². The monoisotopic (exact) mass is 293 g/mol. The van der Waals surface area contributed by atoms with Gasteiger partial charge in [0.15, 0.2) is 0 Å². The van der Waals surface area contributed by atoms with Crippen LogP contribution in [0.3, 0.4) is 0 Å². The van der Waals surface area contributed by atoms with E-state index < -0.39 is 10.0 Å². The van der Waals surface area contributed by atoms with Gasteiger partial charge in [0, 0.05) is 5.69 Å². The summed E-state index contributed by atoms with van der Waals surface area (Å²) in [7, 11) is -0.525. The Morgan fingerprint density at radius 3 is 1.70 bits per heavy atom. The number of methoxy groups -OCH3 is 2. The molecule has 1 N–H and O–H groups in total. The van der Waals surface area contributed by atoms with Crippen LogP contribution in [0.25, 0.3) is 0 Å². The zero-order valence-corrected chi connectivity index (χ0v) is 12.0. The van der Waals surface area contributed by atoms with Crippen LogP contribution < -0.4 is 14.2 Å². The molecular weight excluding hydrogens is 278 g/mol. The lowest BCUT2D eigenvalue weighted by Gasteiger charge is -2.09. The van der Waals surface area contributed by atoms with Crippen LogP contribution in [-0.4, -0.2) is 22.6 Å². The van der Waals surface area contributed by atoms with Crippen molar-refractivity contribution < 1.29 is 17.9 Å². The van der Waals surface area contributed by atoms with Crippen LogP contribution in [0.4, 0.5) is 5.69 Å². The van der Waals surface area contributed by atoms with Crippen LogP contribution in [0.15, 0.2) is 53.4 Å². The van der Waals surface area contributed by atoms with E-state index in [1.54, 1.807) is 43.5 Å². The second-order valence-corrected chi connectivity index (χ2v) is 5.69. The Kier molecular flexibility index (Phi) is 4.14. The summed E-state index contributed by atoms with van der Waals surface area (Å²) in [4.78, 5) is 0.175. The molecule has 0 aromatic heterocycles. The Morgan fingerprint density at radius 2 is 1.25 bits per heavy atom. The SMILES string of the molecule is COc1ccc(NS(=O)(=O)c2ccc(OC)cc2)cc1. The van der Waals surface area contributed by atoms with Gasteiger partial charge in [-0.3, -0.25) is 4.72 Å². The normalized spacial score (nSPS) is 10.9. The molecule has 0 amide bonds. The summed E-state index contributed by atoms with van der Waals surface area (Å²) in [5, 5.41) is 0. The zero-order valence-electron chi connectivity index (χ0n) is 11.2. The summed E-state index contributed by atoms with van der Waals surface area (Å²) in [6.07, 6.45) is 0. The fourth-order valence-corrected chi connectivity index (χ4v) is 2.69. The van der Waals surface area contributed by atoms with E-state index in [9.17, 15) is 8.42 Å². The van der Waals surface area contributed by atoms with Gasteiger partial charge in [-0.2, -0.15) is 0 Å². The van der Waals surface area contributed by atoms with Gasteiger partial charge in [-0.05, 0) is 48.5 Å². The van der Waals surface area contributed by atoms with Gasteiger partial charge in [-0.25, -0.2) is 8.42 Å². The molecular formula is C14H15NO4S. The van der Waals surface area contributed by atoms with Crippen LogP contribution in [0.5, 0.6) is 11.5 Å². The van der Waals surface area contributed by atoms with E-state index in [2.05, 4.69) is 4.72 Å². The van der Waals surface area contributed by atoms with Gasteiger partial charge >= 0.3 is 0 Å². The second-order valence-electron chi connectivity index (χ2n) is 4.01. The summed E-state index contributed by atoms with van der Waals surface area (Å²) in [6, 6.07) is 12.8. The molecule has 2 aromatic carbocycles. The molecule has 0 atom stereocenters. The first kappa shape index (κ1) is 14.2. The summed E-state index contributed by atoms with van der Waals surface area (Å²) in [5.41, 5.74) is 0.474. The maximum atomic E-state index is 12.2. The van der Waals surface area contributed by atoms with Crippen molar-refractivity contribution in [2.24, 2.45) is 0 Å². The first-order valence-corrected chi connectivity index (χ1v) is 7.34. The average molecular weight is 293 g/mol. The number of anilines is 1. The number of sulfonamides is 1. The molecule has 0 aliphatic carbocycles. The Labute approximate surface area is 118 Å². The molecule has 5 nitrogen and oxygen atoms in total. The molecule has 0 aliphatic heterocycles. The predicted octanol–water partition coefficient (Wildman–Crippen LogP) is 2.50. The molecule has 0 heterocycles. The van der Waals surface area contributed by atoms with E-state index in [0.717, 1.165) is 0 Å². The van der Waals surface area contributed by atoms with Crippen LogP contribution in [0.2, 0.25) is 0 Å². The lowest BCUT2D eigenvalue weighted by Crippen LogP contribution is -2.12. The van der Waals surface area contributed by atoms with E-state index in [0.29, 0.717) is 17.2 Å². The third-order valence-electron chi connectivity index (χ3n) is 2.71. The highest BCUT2D eigenvalue weighted by Gasteiger charge is 2.14. The molecule has 6 heteroatoms. The van der Waals surface area contributed by atoms with Crippen molar-refractivity contribution >= 4 is 15.7 Å². The third-order valence-corrected chi connectivity index (χ3v) is 4.11. The minimum atomic E-state index is -3.60.